The van der Waals surface area contributed by atoms with Crippen LogP contribution in [-0.2, 0) is 11.2 Å². The molecule has 1 amide bonds. The first-order valence-corrected chi connectivity index (χ1v) is 11.7. The zero-order chi connectivity index (χ0) is 23.7. The summed E-state index contributed by atoms with van der Waals surface area (Å²) in [6.45, 7) is 3.90. The maximum absolute atomic E-state index is 13.4. The lowest BCUT2D eigenvalue weighted by Crippen LogP contribution is -2.54. The quantitative estimate of drug-likeness (QED) is 0.399. The fourth-order valence-corrected chi connectivity index (χ4v) is 4.75. The predicted molar refractivity (Wildman–Crippen MR) is 133 cm³/mol. The number of piperazine rings is 1. The van der Waals surface area contributed by atoms with Crippen LogP contribution in [0.5, 0.6) is 0 Å². The third kappa shape index (κ3) is 4.33. The Kier molecular flexibility index (Phi) is 6.16. The maximum Gasteiger partial charge on any atom is 0.227 e. The van der Waals surface area contributed by atoms with Crippen LogP contribution in [0.2, 0.25) is 5.02 Å². The van der Waals surface area contributed by atoms with E-state index >= 15 is 0 Å². The van der Waals surface area contributed by atoms with E-state index in [1.165, 1.54) is 12.1 Å². The molecule has 5 nitrogen and oxygen atoms in total. The first-order chi connectivity index (χ1) is 16.5. The second-order valence-corrected chi connectivity index (χ2v) is 9.00. The van der Waals surface area contributed by atoms with Gasteiger partial charge in [-0.05, 0) is 24.6 Å². The van der Waals surface area contributed by atoms with E-state index in [9.17, 15) is 9.18 Å². The van der Waals surface area contributed by atoms with Crippen LogP contribution in [0.15, 0.2) is 72.8 Å². The van der Waals surface area contributed by atoms with Crippen molar-refractivity contribution in [2.75, 3.05) is 24.5 Å². The lowest BCUT2D eigenvalue weighted by Gasteiger charge is -2.40. The van der Waals surface area contributed by atoms with Gasteiger partial charge in [0.1, 0.15) is 11.5 Å². The normalized spacial score (nSPS) is 16.1. The van der Waals surface area contributed by atoms with Crippen molar-refractivity contribution in [3.8, 4) is 11.3 Å². The molecule has 1 aliphatic heterocycles. The van der Waals surface area contributed by atoms with Crippen molar-refractivity contribution in [2.45, 2.75) is 19.4 Å². The number of fused-ring (bicyclic) bond motifs is 1. The summed E-state index contributed by atoms with van der Waals surface area (Å²) in [7, 11) is 0. The summed E-state index contributed by atoms with van der Waals surface area (Å²) >= 11 is 5.87. The van der Waals surface area contributed by atoms with Gasteiger partial charge in [-0.3, -0.25) is 4.79 Å². The van der Waals surface area contributed by atoms with Gasteiger partial charge in [-0.25, -0.2) is 4.39 Å². The van der Waals surface area contributed by atoms with E-state index in [4.69, 9.17) is 11.6 Å². The van der Waals surface area contributed by atoms with Crippen LogP contribution < -0.4 is 4.90 Å². The maximum atomic E-state index is 13.4. The van der Waals surface area contributed by atoms with Gasteiger partial charge in [0.25, 0.3) is 0 Å². The van der Waals surface area contributed by atoms with E-state index in [1.807, 2.05) is 47.4 Å². The number of carbonyl (C=O) groups excluding carboxylic acids is 1. The van der Waals surface area contributed by atoms with Crippen molar-refractivity contribution in [3.63, 3.8) is 0 Å². The van der Waals surface area contributed by atoms with E-state index in [0.29, 0.717) is 25.2 Å². The van der Waals surface area contributed by atoms with Crippen molar-refractivity contribution >= 4 is 34.1 Å². The molecule has 1 aromatic heterocycles. The van der Waals surface area contributed by atoms with Gasteiger partial charge in [-0.2, -0.15) is 0 Å². The average molecular weight is 475 g/mol. The Morgan fingerprint density at radius 1 is 1.00 bits per heavy atom. The third-order valence-electron chi connectivity index (χ3n) is 6.31. The summed E-state index contributed by atoms with van der Waals surface area (Å²) in [5, 5.41) is 11.4. The highest BCUT2D eigenvalue weighted by Gasteiger charge is 2.29. The molecule has 1 atom stereocenters. The van der Waals surface area contributed by atoms with E-state index in [-0.39, 0.29) is 23.4 Å². The average Bonchev–Trinajstić information content (AvgIpc) is 2.86. The molecule has 0 radical (unpaired) electrons. The van der Waals surface area contributed by atoms with Crippen molar-refractivity contribution in [3.05, 3.63) is 89.2 Å². The molecule has 5 rings (SSSR count). The molecule has 172 valence electrons. The first kappa shape index (κ1) is 22.3. The van der Waals surface area contributed by atoms with Crippen molar-refractivity contribution in [2.24, 2.45) is 0 Å². The predicted octanol–water partition coefficient (Wildman–Crippen LogP) is 5.37. The van der Waals surface area contributed by atoms with Crippen LogP contribution in [0.4, 0.5) is 10.2 Å². The smallest absolute Gasteiger partial charge is 0.227 e. The highest BCUT2D eigenvalue weighted by molar-refractivity contribution is 6.30. The van der Waals surface area contributed by atoms with Crippen molar-refractivity contribution in [1.29, 1.82) is 0 Å². The number of halogens is 2. The van der Waals surface area contributed by atoms with Gasteiger partial charge < -0.3 is 9.80 Å². The highest BCUT2D eigenvalue weighted by Crippen LogP contribution is 2.32. The Balaban J connectivity index is 1.36. The molecule has 0 spiro atoms. The number of carbonyl (C=O) groups is 1. The fraction of sp³-hybridized carbons (Fsp3) is 0.222. The summed E-state index contributed by atoms with van der Waals surface area (Å²) in [6, 6.07) is 22.7. The van der Waals surface area contributed by atoms with Gasteiger partial charge in [0.2, 0.25) is 5.91 Å². The molecule has 4 aromatic rings. The molecule has 1 aliphatic rings. The van der Waals surface area contributed by atoms with Crippen molar-refractivity contribution < 1.29 is 9.18 Å². The van der Waals surface area contributed by atoms with Gasteiger partial charge in [0, 0.05) is 42.0 Å². The standard InChI is InChI=1S/C27H24ClFN4O/c1-18-17-32(25(34)16-19-11-12-24(29)23(28)15-19)13-14-33(18)27-22-10-6-5-9-21(22)26(30-31-27)20-7-3-2-4-8-20/h2-12,15,18H,13-14,16-17H2,1H3/t18-/m0/s1. The van der Waals surface area contributed by atoms with Gasteiger partial charge in [-0.15, -0.1) is 10.2 Å². The van der Waals surface area contributed by atoms with Crippen LogP contribution in [-0.4, -0.2) is 46.7 Å². The minimum absolute atomic E-state index is 0.00421. The van der Waals surface area contributed by atoms with Crippen LogP contribution >= 0.6 is 11.6 Å². The molecule has 1 saturated heterocycles. The van der Waals surface area contributed by atoms with Crippen LogP contribution in [0, 0.1) is 5.82 Å². The molecule has 34 heavy (non-hydrogen) atoms. The molecule has 0 unspecified atom stereocenters. The lowest BCUT2D eigenvalue weighted by atomic mass is 10.0. The minimum Gasteiger partial charge on any atom is -0.348 e. The number of benzene rings is 3. The largest absolute Gasteiger partial charge is 0.348 e. The molecule has 0 saturated carbocycles. The SMILES string of the molecule is C[C@H]1CN(C(=O)Cc2ccc(F)c(Cl)c2)CCN1c1nnc(-c2ccccc2)c2ccccc12. The van der Waals surface area contributed by atoms with E-state index < -0.39 is 5.82 Å². The molecule has 2 heterocycles. The lowest BCUT2D eigenvalue weighted by molar-refractivity contribution is -0.131. The number of rotatable bonds is 4. The van der Waals surface area contributed by atoms with E-state index in [0.717, 1.165) is 27.8 Å². The van der Waals surface area contributed by atoms with Crippen molar-refractivity contribution in [1.82, 2.24) is 15.1 Å². The molecular weight excluding hydrogens is 451 g/mol. The number of hydrogen-bond donors (Lipinski definition) is 0. The zero-order valence-corrected chi connectivity index (χ0v) is 19.5. The Hall–Kier alpha value is -3.51. The minimum atomic E-state index is -0.480. The Bertz CT molecular complexity index is 1350. The number of aromatic nitrogens is 2. The molecule has 3 aromatic carbocycles. The highest BCUT2D eigenvalue weighted by atomic mass is 35.5. The summed E-state index contributed by atoms with van der Waals surface area (Å²) in [5.41, 5.74) is 2.60. The monoisotopic (exact) mass is 474 g/mol. The second-order valence-electron chi connectivity index (χ2n) is 8.59. The van der Waals surface area contributed by atoms with Gasteiger partial charge in [-0.1, -0.05) is 72.3 Å². The zero-order valence-electron chi connectivity index (χ0n) is 18.8. The first-order valence-electron chi connectivity index (χ1n) is 11.3. The number of amides is 1. The molecule has 0 bridgehead atoms. The van der Waals surface area contributed by atoms with Gasteiger partial charge >= 0.3 is 0 Å². The van der Waals surface area contributed by atoms with Crippen LogP contribution in [0.25, 0.3) is 22.0 Å². The number of nitrogens with zero attached hydrogens (tertiary/aromatic N) is 4. The summed E-state index contributed by atoms with van der Waals surface area (Å²) in [4.78, 5) is 17.0. The third-order valence-corrected chi connectivity index (χ3v) is 6.60. The van der Waals surface area contributed by atoms with Gasteiger partial charge in [0.05, 0.1) is 11.4 Å². The summed E-state index contributed by atoms with van der Waals surface area (Å²) in [5.74, 6) is 0.358. The van der Waals surface area contributed by atoms with Crippen LogP contribution in [0.1, 0.15) is 12.5 Å². The Labute approximate surface area is 202 Å². The van der Waals surface area contributed by atoms with Crippen LogP contribution in [0.3, 0.4) is 0 Å². The number of anilines is 1. The Morgan fingerprint density at radius 2 is 1.74 bits per heavy atom. The molecule has 1 fully saturated rings. The fourth-order valence-electron chi connectivity index (χ4n) is 4.55. The Morgan fingerprint density at radius 3 is 2.47 bits per heavy atom. The molecule has 0 N–H and O–H groups in total. The molecule has 7 heteroatoms. The van der Waals surface area contributed by atoms with Gasteiger partial charge in [0.15, 0.2) is 5.82 Å². The second kappa shape index (κ2) is 9.39. The molecule has 0 aliphatic carbocycles. The molecular formula is C27H24ClFN4O. The van der Waals surface area contributed by atoms with E-state index in [1.54, 1.807) is 6.07 Å². The topological polar surface area (TPSA) is 49.3 Å². The summed E-state index contributed by atoms with van der Waals surface area (Å²) < 4.78 is 13.4. The summed E-state index contributed by atoms with van der Waals surface area (Å²) in [6.07, 6.45) is 0.196. The van der Waals surface area contributed by atoms with E-state index in [2.05, 4.69) is 34.2 Å². The number of hydrogen-bond acceptors (Lipinski definition) is 4.